The molecule has 0 aromatic rings. The van der Waals surface area contributed by atoms with E-state index in [4.69, 9.17) is 25.0 Å². The molecule has 0 heterocycles. The lowest BCUT2D eigenvalue weighted by Gasteiger charge is -2.10. The number of hydrogen-bond acceptors (Lipinski definition) is 4. The number of carbonyl (C=O) groups is 1. The lowest BCUT2D eigenvalue weighted by molar-refractivity contribution is -0.142. The molecule has 0 aliphatic rings. The first-order chi connectivity index (χ1) is 6.57. The van der Waals surface area contributed by atoms with E-state index in [1.807, 2.05) is 13.8 Å². The molecular formula is C7H18NO6P. The monoisotopic (exact) mass is 243 g/mol. The van der Waals surface area contributed by atoms with Crippen molar-refractivity contribution in [2.75, 3.05) is 7.11 Å². The Morgan fingerprint density at radius 2 is 1.73 bits per heavy atom. The van der Waals surface area contributed by atoms with Crippen LogP contribution in [0.5, 0.6) is 0 Å². The van der Waals surface area contributed by atoms with Crippen LogP contribution in [0.2, 0.25) is 0 Å². The third kappa shape index (κ3) is 19.8. The summed E-state index contributed by atoms with van der Waals surface area (Å²) in [4.78, 5) is 32.3. The summed E-state index contributed by atoms with van der Waals surface area (Å²) in [5, 5.41) is 0. The Morgan fingerprint density at radius 3 is 1.93 bits per heavy atom. The quantitative estimate of drug-likeness (QED) is 0.392. The van der Waals surface area contributed by atoms with E-state index in [2.05, 4.69) is 4.74 Å². The minimum Gasteiger partial charge on any atom is -0.468 e. The Bertz CT molecular complexity index is 217. The third-order valence-electron chi connectivity index (χ3n) is 1.23. The average molecular weight is 243 g/mol. The largest absolute Gasteiger partial charge is 0.468 e. The van der Waals surface area contributed by atoms with Crippen LogP contribution in [0.25, 0.3) is 0 Å². The van der Waals surface area contributed by atoms with Crippen LogP contribution in [0, 0.1) is 5.92 Å². The minimum atomic E-state index is -4.64. The molecule has 0 aromatic heterocycles. The van der Waals surface area contributed by atoms with Crippen molar-refractivity contribution in [1.29, 1.82) is 0 Å². The first-order valence-corrected chi connectivity index (χ1v) is 5.76. The van der Waals surface area contributed by atoms with Crippen molar-refractivity contribution < 1.29 is 28.8 Å². The smallest absolute Gasteiger partial charge is 0.466 e. The summed E-state index contributed by atoms with van der Waals surface area (Å²) in [7, 11) is -3.29. The van der Waals surface area contributed by atoms with Crippen LogP contribution in [0.15, 0.2) is 0 Å². The van der Waals surface area contributed by atoms with Crippen LogP contribution >= 0.6 is 7.82 Å². The molecule has 0 bridgehead atoms. The van der Waals surface area contributed by atoms with Gasteiger partial charge in [0.15, 0.2) is 0 Å². The Kier molecular flexibility index (Phi) is 8.80. The molecular weight excluding hydrogens is 225 g/mol. The molecule has 0 amide bonds. The van der Waals surface area contributed by atoms with Gasteiger partial charge in [0.25, 0.3) is 0 Å². The number of rotatable bonds is 3. The standard InChI is InChI=1S/C7H15NO2.H3O4P/c1-5(2)4-6(8)7(9)10-3;1-5(2,3)4/h5-6H,4,8H2,1-3H3;(H3,1,2,3,4). The number of ether oxygens (including phenoxy) is 1. The number of esters is 1. The van der Waals surface area contributed by atoms with Gasteiger partial charge >= 0.3 is 13.8 Å². The van der Waals surface area contributed by atoms with Crippen LogP contribution in [0.1, 0.15) is 20.3 Å². The predicted octanol–water partition coefficient (Wildman–Crippen LogP) is -0.396. The van der Waals surface area contributed by atoms with Gasteiger partial charge in [0.1, 0.15) is 6.04 Å². The highest BCUT2D eigenvalue weighted by Gasteiger charge is 2.14. The second-order valence-corrected chi connectivity index (χ2v) is 4.30. The Morgan fingerprint density at radius 1 is 1.40 bits per heavy atom. The van der Waals surface area contributed by atoms with E-state index in [0.29, 0.717) is 12.3 Å². The van der Waals surface area contributed by atoms with E-state index in [9.17, 15) is 4.79 Å². The van der Waals surface area contributed by atoms with E-state index in [-0.39, 0.29) is 5.97 Å². The molecule has 15 heavy (non-hydrogen) atoms. The summed E-state index contributed by atoms with van der Waals surface area (Å²) < 4.78 is 13.3. The molecule has 0 fully saturated rings. The van der Waals surface area contributed by atoms with Gasteiger partial charge in [-0.3, -0.25) is 4.79 Å². The summed E-state index contributed by atoms with van der Waals surface area (Å²) >= 11 is 0. The van der Waals surface area contributed by atoms with Gasteiger partial charge in [0, 0.05) is 0 Å². The molecule has 0 rings (SSSR count). The number of carbonyl (C=O) groups excluding carboxylic acids is 1. The molecule has 5 N–H and O–H groups in total. The first kappa shape index (κ1) is 17.0. The number of phosphoric acid groups is 1. The van der Waals surface area contributed by atoms with Crippen molar-refractivity contribution in [2.24, 2.45) is 11.7 Å². The number of nitrogens with two attached hydrogens (primary N) is 1. The summed E-state index contributed by atoms with van der Waals surface area (Å²) in [5.74, 6) is 0.114. The SMILES string of the molecule is COC(=O)C(N)CC(C)C.O=P(O)(O)O. The first-order valence-electron chi connectivity index (χ1n) is 4.19. The van der Waals surface area contributed by atoms with Crippen LogP contribution in [-0.4, -0.2) is 33.8 Å². The Hall–Kier alpha value is -0.460. The highest BCUT2D eigenvalue weighted by molar-refractivity contribution is 7.45. The summed E-state index contributed by atoms with van der Waals surface area (Å²) in [6, 6.07) is -0.454. The van der Waals surface area contributed by atoms with Gasteiger partial charge in [-0.05, 0) is 12.3 Å². The lowest BCUT2D eigenvalue weighted by Crippen LogP contribution is -2.32. The second-order valence-electron chi connectivity index (χ2n) is 3.27. The highest BCUT2D eigenvalue weighted by atomic mass is 31.2. The van der Waals surface area contributed by atoms with Gasteiger partial charge in [-0.2, -0.15) is 0 Å². The summed E-state index contributed by atoms with van der Waals surface area (Å²) in [6.07, 6.45) is 0.687. The van der Waals surface area contributed by atoms with Gasteiger partial charge in [-0.15, -0.1) is 0 Å². The zero-order valence-electron chi connectivity index (χ0n) is 8.95. The molecule has 0 saturated carbocycles. The maximum absolute atomic E-state index is 10.7. The lowest BCUT2D eigenvalue weighted by atomic mass is 10.1. The van der Waals surface area contributed by atoms with Crippen molar-refractivity contribution in [3.05, 3.63) is 0 Å². The predicted molar refractivity (Wildman–Crippen MR) is 53.7 cm³/mol. The molecule has 0 spiro atoms. The number of hydrogen-bond donors (Lipinski definition) is 4. The maximum Gasteiger partial charge on any atom is 0.466 e. The molecule has 7 nitrogen and oxygen atoms in total. The van der Waals surface area contributed by atoms with E-state index in [1.54, 1.807) is 0 Å². The minimum absolute atomic E-state index is 0.325. The van der Waals surface area contributed by atoms with Crippen LogP contribution in [-0.2, 0) is 14.1 Å². The van der Waals surface area contributed by atoms with Crippen LogP contribution in [0.3, 0.4) is 0 Å². The van der Waals surface area contributed by atoms with Gasteiger partial charge in [0.05, 0.1) is 7.11 Å². The van der Waals surface area contributed by atoms with Crippen molar-refractivity contribution in [3.63, 3.8) is 0 Å². The fourth-order valence-electron chi connectivity index (χ4n) is 0.755. The van der Waals surface area contributed by atoms with Crippen LogP contribution in [0.4, 0.5) is 0 Å². The average Bonchev–Trinajstić information content (AvgIpc) is 1.98. The Labute approximate surface area is 88.5 Å². The molecule has 0 aliphatic heterocycles. The zero-order chi connectivity index (χ0) is 12.6. The summed E-state index contributed by atoms with van der Waals surface area (Å²) in [6.45, 7) is 4.03. The molecule has 0 saturated heterocycles. The van der Waals surface area contributed by atoms with Crippen molar-refractivity contribution in [1.82, 2.24) is 0 Å². The van der Waals surface area contributed by atoms with Gasteiger partial charge in [-0.1, -0.05) is 13.8 Å². The Balaban J connectivity index is 0. The second kappa shape index (κ2) is 7.78. The fourth-order valence-corrected chi connectivity index (χ4v) is 0.755. The van der Waals surface area contributed by atoms with E-state index >= 15 is 0 Å². The molecule has 1 atom stereocenters. The topological polar surface area (TPSA) is 130 Å². The third-order valence-corrected chi connectivity index (χ3v) is 1.23. The fraction of sp³-hybridized carbons (Fsp3) is 0.857. The highest BCUT2D eigenvalue weighted by Crippen LogP contribution is 2.25. The molecule has 0 aromatic carbocycles. The zero-order valence-corrected chi connectivity index (χ0v) is 9.85. The molecule has 0 radical (unpaired) electrons. The normalized spacial score (nSPS) is 12.8. The van der Waals surface area contributed by atoms with Crippen LogP contribution < -0.4 is 5.73 Å². The van der Waals surface area contributed by atoms with E-state index in [0.717, 1.165) is 0 Å². The van der Waals surface area contributed by atoms with E-state index in [1.165, 1.54) is 7.11 Å². The van der Waals surface area contributed by atoms with Gasteiger partial charge < -0.3 is 25.2 Å². The molecule has 0 aliphatic carbocycles. The molecule has 8 heteroatoms. The van der Waals surface area contributed by atoms with Crippen molar-refractivity contribution in [2.45, 2.75) is 26.3 Å². The summed E-state index contributed by atoms with van der Waals surface area (Å²) in [5.41, 5.74) is 5.45. The van der Waals surface area contributed by atoms with Gasteiger partial charge in [-0.25, -0.2) is 4.57 Å². The van der Waals surface area contributed by atoms with Gasteiger partial charge in [0.2, 0.25) is 0 Å². The van der Waals surface area contributed by atoms with E-state index < -0.39 is 13.9 Å². The maximum atomic E-state index is 10.7. The van der Waals surface area contributed by atoms with Crippen molar-refractivity contribution >= 4 is 13.8 Å². The molecule has 92 valence electrons. The van der Waals surface area contributed by atoms with Crippen molar-refractivity contribution in [3.8, 4) is 0 Å². The number of methoxy groups -OCH3 is 1. The molecule has 1 unspecified atom stereocenters.